The van der Waals surface area contributed by atoms with Gasteiger partial charge in [-0.15, -0.1) is 0 Å². The van der Waals surface area contributed by atoms with E-state index in [9.17, 15) is 22.4 Å². The van der Waals surface area contributed by atoms with Crippen molar-refractivity contribution >= 4 is 28.7 Å². The van der Waals surface area contributed by atoms with Gasteiger partial charge in [0.2, 0.25) is 0 Å². The second-order valence-electron chi connectivity index (χ2n) is 8.82. The Labute approximate surface area is 201 Å². The van der Waals surface area contributed by atoms with Crippen LogP contribution in [0.25, 0.3) is 16.8 Å². The number of alkyl halides is 3. The molecule has 2 aromatic carbocycles. The van der Waals surface area contributed by atoms with Crippen LogP contribution in [0.15, 0.2) is 48.8 Å². The van der Waals surface area contributed by atoms with E-state index >= 15 is 4.39 Å². The molecule has 2 heterocycles. The zero-order chi connectivity index (χ0) is 25.8. The SMILES string of the molecule is CC1(c2nc(-c3ccc(NC(=O)Nc4cccc(C(F)(F)F)c4)c(F)c3F)c3c(N)nccn23)CC1. The average Bonchev–Trinajstić information content (AvgIpc) is 3.43. The third kappa shape index (κ3) is 4.08. The lowest BCUT2D eigenvalue weighted by Crippen LogP contribution is -2.21. The lowest BCUT2D eigenvalue weighted by Gasteiger charge is -2.12. The first kappa shape index (κ1) is 23.5. The number of rotatable bonds is 4. The minimum atomic E-state index is -4.60. The first-order chi connectivity index (χ1) is 17.0. The fraction of sp³-hybridized carbons (Fsp3) is 0.208. The van der Waals surface area contributed by atoms with Crippen molar-refractivity contribution in [3.05, 3.63) is 71.8 Å². The number of carbonyl (C=O) groups excluding carboxylic acids is 1. The van der Waals surface area contributed by atoms with Gasteiger partial charge in [-0.25, -0.2) is 23.5 Å². The lowest BCUT2D eigenvalue weighted by atomic mass is 10.1. The van der Waals surface area contributed by atoms with Crippen LogP contribution in [0.5, 0.6) is 0 Å². The van der Waals surface area contributed by atoms with Gasteiger partial charge in [0.25, 0.3) is 0 Å². The van der Waals surface area contributed by atoms with Gasteiger partial charge in [0.1, 0.15) is 22.9 Å². The fourth-order valence-electron chi connectivity index (χ4n) is 3.98. The van der Waals surface area contributed by atoms with E-state index in [0.29, 0.717) is 11.3 Å². The van der Waals surface area contributed by atoms with Gasteiger partial charge in [-0.1, -0.05) is 13.0 Å². The highest BCUT2D eigenvalue weighted by Crippen LogP contribution is 2.48. The summed E-state index contributed by atoms with van der Waals surface area (Å²) in [6.07, 6.45) is 0.314. The van der Waals surface area contributed by atoms with E-state index in [-0.39, 0.29) is 28.2 Å². The molecule has 36 heavy (non-hydrogen) atoms. The highest BCUT2D eigenvalue weighted by Gasteiger charge is 2.43. The second-order valence-corrected chi connectivity index (χ2v) is 8.82. The van der Waals surface area contributed by atoms with Crippen molar-refractivity contribution in [2.24, 2.45) is 0 Å². The molecule has 2 amide bonds. The Morgan fingerprint density at radius 1 is 1.11 bits per heavy atom. The Kier molecular flexibility index (Phi) is 5.34. The van der Waals surface area contributed by atoms with Crippen LogP contribution in [0.2, 0.25) is 0 Å². The Hall–Kier alpha value is -4.22. The maximum atomic E-state index is 15.2. The molecule has 4 N–H and O–H groups in total. The Morgan fingerprint density at radius 3 is 2.56 bits per heavy atom. The predicted molar refractivity (Wildman–Crippen MR) is 123 cm³/mol. The molecule has 5 rings (SSSR count). The van der Waals surface area contributed by atoms with Crippen LogP contribution in [0.3, 0.4) is 0 Å². The summed E-state index contributed by atoms with van der Waals surface area (Å²) in [5.74, 6) is -1.89. The van der Waals surface area contributed by atoms with E-state index in [2.05, 4.69) is 20.6 Å². The van der Waals surface area contributed by atoms with Crippen LogP contribution in [-0.4, -0.2) is 20.4 Å². The van der Waals surface area contributed by atoms with Gasteiger partial charge < -0.3 is 16.4 Å². The summed E-state index contributed by atoms with van der Waals surface area (Å²) >= 11 is 0. The number of nitrogens with zero attached hydrogens (tertiary/aromatic N) is 3. The van der Waals surface area contributed by atoms with Gasteiger partial charge in [0.15, 0.2) is 11.6 Å². The second kappa shape index (κ2) is 8.18. The third-order valence-electron chi connectivity index (χ3n) is 6.16. The summed E-state index contributed by atoms with van der Waals surface area (Å²) in [5, 5.41) is 4.29. The smallest absolute Gasteiger partial charge is 0.382 e. The quantitative estimate of drug-likeness (QED) is 0.300. The van der Waals surface area contributed by atoms with Gasteiger partial charge in [0.05, 0.1) is 11.3 Å². The third-order valence-corrected chi connectivity index (χ3v) is 6.16. The van der Waals surface area contributed by atoms with Gasteiger partial charge in [-0.3, -0.25) is 4.40 Å². The van der Waals surface area contributed by atoms with Crippen molar-refractivity contribution < 1.29 is 26.7 Å². The number of nitrogens with two attached hydrogens (primary N) is 1. The topological polar surface area (TPSA) is 97.3 Å². The van der Waals surface area contributed by atoms with Gasteiger partial charge in [-0.05, 0) is 43.2 Å². The molecule has 7 nitrogen and oxygen atoms in total. The molecule has 0 aliphatic heterocycles. The Morgan fingerprint density at radius 2 is 1.86 bits per heavy atom. The standard InChI is InChI=1S/C24H19F5N6O/c1-23(7-8-23)21-34-18(19-20(30)31-9-10-35(19)21)14-5-6-15(17(26)16(14)25)33-22(36)32-13-4-2-3-12(11-13)24(27,28)29/h2-6,9-11H,7-8H2,1H3,(H2,30,31)(H2,32,33,36). The summed E-state index contributed by atoms with van der Waals surface area (Å²) < 4.78 is 70.5. The number of imidazole rings is 1. The van der Waals surface area contributed by atoms with Crippen LogP contribution in [-0.2, 0) is 11.6 Å². The number of urea groups is 1. The molecule has 4 aromatic rings. The summed E-state index contributed by atoms with van der Waals surface area (Å²) in [6, 6.07) is 5.23. The van der Waals surface area contributed by atoms with Crippen molar-refractivity contribution in [3.63, 3.8) is 0 Å². The molecular weight excluding hydrogens is 483 g/mol. The van der Waals surface area contributed by atoms with Gasteiger partial charge in [0, 0.05) is 29.1 Å². The molecule has 1 aliphatic rings. The van der Waals surface area contributed by atoms with Crippen LogP contribution in [0.1, 0.15) is 31.2 Å². The van der Waals surface area contributed by atoms with E-state index < -0.39 is 35.1 Å². The highest BCUT2D eigenvalue weighted by molar-refractivity contribution is 6.00. The number of benzene rings is 2. The predicted octanol–water partition coefficient (Wildman–Crippen LogP) is 5.97. The first-order valence-corrected chi connectivity index (χ1v) is 10.8. The van der Waals surface area contributed by atoms with Crippen molar-refractivity contribution in [1.82, 2.24) is 14.4 Å². The first-order valence-electron chi connectivity index (χ1n) is 10.8. The van der Waals surface area contributed by atoms with Crippen LogP contribution >= 0.6 is 0 Å². The van der Waals surface area contributed by atoms with Crippen molar-refractivity contribution in [1.29, 1.82) is 0 Å². The average molecular weight is 502 g/mol. The number of hydrogen-bond donors (Lipinski definition) is 3. The maximum absolute atomic E-state index is 15.2. The normalized spacial score (nSPS) is 14.6. The zero-order valence-corrected chi connectivity index (χ0v) is 18.8. The molecule has 1 saturated carbocycles. The molecule has 0 atom stereocenters. The zero-order valence-electron chi connectivity index (χ0n) is 18.8. The molecule has 2 aromatic heterocycles. The maximum Gasteiger partial charge on any atom is 0.416 e. The molecule has 12 heteroatoms. The summed E-state index contributed by atoms with van der Waals surface area (Å²) in [7, 11) is 0. The summed E-state index contributed by atoms with van der Waals surface area (Å²) in [5.41, 5.74) is 4.44. The molecule has 1 fully saturated rings. The van der Waals surface area contributed by atoms with E-state index in [1.165, 1.54) is 18.3 Å². The molecule has 0 spiro atoms. The van der Waals surface area contributed by atoms with Gasteiger partial charge in [-0.2, -0.15) is 13.2 Å². The minimum absolute atomic E-state index is 0.0953. The van der Waals surface area contributed by atoms with Crippen LogP contribution < -0.4 is 16.4 Å². The van der Waals surface area contributed by atoms with E-state index in [4.69, 9.17) is 5.73 Å². The van der Waals surface area contributed by atoms with E-state index in [0.717, 1.165) is 37.1 Å². The molecule has 0 saturated heterocycles. The van der Waals surface area contributed by atoms with Crippen molar-refractivity contribution in [2.45, 2.75) is 31.4 Å². The summed E-state index contributed by atoms with van der Waals surface area (Å²) in [6.45, 7) is 2.01. The van der Waals surface area contributed by atoms with E-state index in [1.807, 2.05) is 6.92 Å². The number of fused-ring (bicyclic) bond motifs is 1. The number of nitrogen functional groups attached to an aromatic ring is 1. The van der Waals surface area contributed by atoms with Crippen molar-refractivity contribution in [2.75, 3.05) is 16.4 Å². The number of carbonyl (C=O) groups is 1. The number of halogens is 5. The Balaban J connectivity index is 1.45. The minimum Gasteiger partial charge on any atom is -0.382 e. The van der Waals surface area contributed by atoms with Crippen LogP contribution in [0, 0.1) is 11.6 Å². The lowest BCUT2D eigenvalue weighted by molar-refractivity contribution is -0.137. The van der Waals surface area contributed by atoms with Crippen molar-refractivity contribution in [3.8, 4) is 11.3 Å². The molecule has 0 unspecified atom stereocenters. The number of hydrogen-bond acceptors (Lipinski definition) is 4. The van der Waals surface area contributed by atoms with E-state index in [1.54, 1.807) is 10.6 Å². The Bertz CT molecular complexity index is 1510. The summed E-state index contributed by atoms with van der Waals surface area (Å²) in [4.78, 5) is 20.9. The largest absolute Gasteiger partial charge is 0.416 e. The van der Waals surface area contributed by atoms with Crippen LogP contribution in [0.4, 0.5) is 43.9 Å². The molecule has 0 radical (unpaired) electrons. The number of nitrogens with one attached hydrogen (secondary N) is 2. The molecular formula is C24H19F5N6O. The molecule has 1 aliphatic carbocycles. The number of anilines is 3. The fourth-order valence-corrected chi connectivity index (χ4v) is 3.98. The number of amides is 2. The monoisotopic (exact) mass is 502 g/mol. The highest BCUT2D eigenvalue weighted by atomic mass is 19.4. The molecule has 0 bridgehead atoms. The van der Waals surface area contributed by atoms with Gasteiger partial charge >= 0.3 is 12.2 Å². The molecule has 186 valence electrons. The number of aromatic nitrogens is 3.